The van der Waals surface area contributed by atoms with E-state index in [0.29, 0.717) is 12.2 Å². The van der Waals surface area contributed by atoms with Crippen molar-refractivity contribution in [2.45, 2.75) is 135 Å². The van der Waals surface area contributed by atoms with Crippen LogP contribution < -0.4 is 0 Å². The number of carbonyl (C=O) groups is 1. The Balaban J connectivity index is 3.20. The zero-order chi connectivity index (χ0) is 25.7. The number of hydrogen-bond donors (Lipinski definition) is 0. The van der Waals surface area contributed by atoms with Crippen LogP contribution in [0.5, 0.6) is 0 Å². The first kappa shape index (κ1) is 30.5. The predicted octanol–water partition coefficient (Wildman–Crippen LogP) is 8.69. The van der Waals surface area contributed by atoms with Gasteiger partial charge in [0.1, 0.15) is 5.78 Å². The summed E-state index contributed by atoms with van der Waals surface area (Å²) in [5.74, 6) is 0.389. The molecule has 5 heteroatoms. The van der Waals surface area contributed by atoms with Gasteiger partial charge in [-0.25, -0.2) is 0 Å². The third-order valence-electron chi connectivity index (χ3n) is 8.28. The topological polar surface area (TPSA) is 35.5 Å². The minimum absolute atomic E-state index is 0.0299. The van der Waals surface area contributed by atoms with E-state index in [0.717, 1.165) is 12.8 Å². The molecule has 1 aliphatic carbocycles. The van der Waals surface area contributed by atoms with Crippen LogP contribution in [0.1, 0.15) is 87.0 Å². The van der Waals surface area contributed by atoms with E-state index < -0.39 is 16.6 Å². The number of unbranched alkanes of at least 4 members (excludes halogenated alkanes) is 2. The number of carbonyl (C=O) groups excluding carboxylic acids is 1. The Kier molecular flexibility index (Phi) is 11.1. The van der Waals surface area contributed by atoms with Gasteiger partial charge in [0.2, 0.25) is 0 Å². The summed E-state index contributed by atoms with van der Waals surface area (Å²) in [5.41, 5.74) is 0. The van der Waals surface area contributed by atoms with Gasteiger partial charge in [-0.05, 0) is 49.1 Å². The van der Waals surface area contributed by atoms with E-state index in [1.165, 1.54) is 19.3 Å². The molecule has 33 heavy (non-hydrogen) atoms. The lowest BCUT2D eigenvalue weighted by molar-refractivity contribution is -0.121. The maximum atomic E-state index is 13.0. The molecule has 0 amide bonds. The second-order valence-electron chi connectivity index (χ2n) is 13.1. The summed E-state index contributed by atoms with van der Waals surface area (Å²) in [4.78, 5) is 13.0. The number of rotatable bonds is 12. The Bertz CT molecular complexity index is 668. The summed E-state index contributed by atoms with van der Waals surface area (Å²) in [6.45, 7) is 29.1. The number of Topliss-reactive ketones (excluding diaryl/α,β-unsaturated/α-hetero) is 1. The molecule has 1 aliphatic rings. The monoisotopic (exact) mass is 494 g/mol. The molecule has 0 N–H and O–H groups in total. The van der Waals surface area contributed by atoms with Crippen molar-refractivity contribution in [2.24, 2.45) is 11.8 Å². The van der Waals surface area contributed by atoms with E-state index in [-0.39, 0.29) is 34.1 Å². The fraction of sp³-hybridized carbons (Fsp3) is 0.821. The van der Waals surface area contributed by atoms with Crippen molar-refractivity contribution in [3.8, 4) is 0 Å². The Morgan fingerprint density at radius 3 is 2.09 bits per heavy atom. The molecule has 192 valence electrons. The van der Waals surface area contributed by atoms with Crippen LogP contribution in [0.3, 0.4) is 0 Å². The standard InChI is InChI=1S/C28H54O3Si2/c1-13-15-16-18-22(30-32(9,10)27(3,4)5)19-20-24-23(17-14-2)25(29)21-26(24)31-33(11,12)28(6,7)8/h14,19-20,22-24,26H,2,13,15-18,21H2,1,3-12H3/t22-,23+,24+,26?/m0/s1. The second kappa shape index (κ2) is 12.0. The molecule has 0 bridgehead atoms. The molecule has 0 heterocycles. The van der Waals surface area contributed by atoms with Crippen LogP contribution in [0.25, 0.3) is 0 Å². The minimum atomic E-state index is -1.98. The van der Waals surface area contributed by atoms with E-state index >= 15 is 0 Å². The Morgan fingerprint density at radius 2 is 1.61 bits per heavy atom. The molecule has 0 aromatic heterocycles. The zero-order valence-corrected chi connectivity index (χ0v) is 25.7. The molecular formula is C28H54O3Si2. The second-order valence-corrected chi connectivity index (χ2v) is 22.6. The van der Waals surface area contributed by atoms with Crippen LogP contribution in [-0.2, 0) is 13.6 Å². The molecule has 0 aliphatic heterocycles. The molecule has 0 aromatic carbocycles. The maximum Gasteiger partial charge on any atom is 0.192 e. The summed E-state index contributed by atoms with van der Waals surface area (Å²) in [6, 6.07) is 0. The summed E-state index contributed by atoms with van der Waals surface area (Å²) < 4.78 is 13.6. The van der Waals surface area contributed by atoms with Crippen LogP contribution in [0.15, 0.2) is 24.8 Å². The average molecular weight is 495 g/mol. The molecular weight excluding hydrogens is 440 g/mol. The van der Waals surface area contributed by atoms with Gasteiger partial charge in [0, 0.05) is 18.3 Å². The fourth-order valence-electron chi connectivity index (χ4n) is 3.96. The van der Waals surface area contributed by atoms with Crippen molar-refractivity contribution in [1.82, 2.24) is 0 Å². The molecule has 0 aromatic rings. The summed E-state index contributed by atoms with van der Waals surface area (Å²) in [6.07, 6.45) is 12.4. The van der Waals surface area contributed by atoms with Gasteiger partial charge in [-0.3, -0.25) is 4.79 Å². The normalized spacial score (nSPS) is 24.0. The van der Waals surface area contributed by atoms with Gasteiger partial charge in [-0.15, -0.1) is 6.58 Å². The van der Waals surface area contributed by atoms with Crippen LogP contribution in [-0.4, -0.2) is 34.6 Å². The average Bonchev–Trinajstić information content (AvgIpc) is 2.92. The lowest BCUT2D eigenvalue weighted by Crippen LogP contribution is -2.45. The van der Waals surface area contributed by atoms with Crippen LogP contribution in [0, 0.1) is 11.8 Å². The van der Waals surface area contributed by atoms with Gasteiger partial charge in [0.05, 0.1) is 12.2 Å². The molecule has 0 saturated heterocycles. The van der Waals surface area contributed by atoms with Crippen molar-refractivity contribution in [3.63, 3.8) is 0 Å². The first-order chi connectivity index (χ1) is 15.0. The number of ketones is 1. The van der Waals surface area contributed by atoms with Crippen LogP contribution in [0.2, 0.25) is 36.3 Å². The molecule has 0 spiro atoms. The Hall–Kier alpha value is -0.496. The van der Waals surface area contributed by atoms with Gasteiger partial charge in [0.15, 0.2) is 16.6 Å². The van der Waals surface area contributed by atoms with Gasteiger partial charge in [-0.2, -0.15) is 0 Å². The Labute approximate surface area is 208 Å². The predicted molar refractivity (Wildman–Crippen MR) is 149 cm³/mol. The van der Waals surface area contributed by atoms with E-state index in [9.17, 15) is 4.79 Å². The minimum Gasteiger partial charge on any atom is -0.413 e. The molecule has 1 rings (SSSR count). The Morgan fingerprint density at radius 1 is 1.03 bits per heavy atom. The first-order valence-corrected chi connectivity index (χ1v) is 19.0. The van der Waals surface area contributed by atoms with E-state index in [4.69, 9.17) is 8.85 Å². The lowest BCUT2D eigenvalue weighted by Gasteiger charge is -2.40. The van der Waals surface area contributed by atoms with Crippen molar-refractivity contribution >= 4 is 22.4 Å². The SMILES string of the molecule is C=CC[C@H]1C(=O)CC(O[Si](C)(C)C(C)(C)C)[C@@H]1C=C[C@H](CCCCC)O[Si](C)(C)C(C)(C)C. The molecule has 3 nitrogen and oxygen atoms in total. The smallest absolute Gasteiger partial charge is 0.192 e. The largest absolute Gasteiger partial charge is 0.413 e. The number of hydrogen-bond acceptors (Lipinski definition) is 3. The van der Waals surface area contributed by atoms with Crippen LogP contribution >= 0.6 is 0 Å². The van der Waals surface area contributed by atoms with Crippen molar-refractivity contribution in [2.75, 3.05) is 0 Å². The lowest BCUT2D eigenvalue weighted by atomic mass is 9.90. The fourth-order valence-corrected chi connectivity index (χ4v) is 6.62. The highest BCUT2D eigenvalue weighted by molar-refractivity contribution is 6.74. The quantitative estimate of drug-likeness (QED) is 0.155. The van der Waals surface area contributed by atoms with Crippen molar-refractivity contribution in [3.05, 3.63) is 24.8 Å². The molecule has 1 saturated carbocycles. The third-order valence-corrected chi connectivity index (χ3v) is 17.3. The molecule has 1 fully saturated rings. The number of allylic oxidation sites excluding steroid dienone is 1. The highest BCUT2D eigenvalue weighted by atomic mass is 28.4. The van der Waals surface area contributed by atoms with Crippen LogP contribution in [0.4, 0.5) is 0 Å². The van der Waals surface area contributed by atoms with Crippen molar-refractivity contribution in [1.29, 1.82) is 0 Å². The highest BCUT2D eigenvalue weighted by Gasteiger charge is 2.47. The highest BCUT2D eigenvalue weighted by Crippen LogP contribution is 2.43. The molecule has 4 atom stereocenters. The van der Waals surface area contributed by atoms with E-state index in [2.05, 4.69) is 93.4 Å². The van der Waals surface area contributed by atoms with E-state index in [1.54, 1.807) is 0 Å². The molecule has 1 unspecified atom stereocenters. The van der Waals surface area contributed by atoms with Gasteiger partial charge in [-0.1, -0.05) is 86.0 Å². The molecule has 0 radical (unpaired) electrons. The van der Waals surface area contributed by atoms with Gasteiger partial charge in [0.25, 0.3) is 0 Å². The van der Waals surface area contributed by atoms with Gasteiger partial charge >= 0.3 is 0 Å². The van der Waals surface area contributed by atoms with Gasteiger partial charge < -0.3 is 8.85 Å². The van der Waals surface area contributed by atoms with E-state index in [1.807, 2.05) is 6.08 Å². The summed E-state index contributed by atoms with van der Waals surface area (Å²) in [5, 5.41) is 0.293. The summed E-state index contributed by atoms with van der Waals surface area (Å²) >= 11 is 0. The zero-order valence-electron chi connectivity index (χ0n) is 23.7. The maximum absolute atomic E-state index is 13.0. The first-order valence-electron chi connectivity index (χ1n) is 13.1. The third kappa shape index (κ3) is 8.59. The van der Waals surface area contributed by atoms with Crippen molar-refractivity contribution < 1.29 is 13.6 Å². The summed E-state index contributed by atoms with van der Waals surface area (Å²) in [7, 11) is -3.86.